The van der Waals surface area contributed by atoms with Gasteiger partial charge in [0.25, 0.3) is 0 Å². The zero-order valence-electron chi connectivity index (χ0n) is 9.21. The smallest absolute Gasteiger partial charge is 0.126 e. The van der Waals surface area contributed by atoms with Gasteiger partial charge in [-0.05, 0) is 23.3 Å². The van der Waals surface area contributed by atoms with Gasteiger partial charge >= 0.3 is 0 Å². The summed E-state index contributed by atoms with van der Waals surface area (Å²) >= 11 is 4.37. The van der Waals surface area contributed by atoms with Crippen LogP contribution < -0.4 is 0 Å². The van der Waals surface area contributed by atoms with Crippen LogP contribution in [0.1, 0.15) is 16.6 Å². The highest BCUT2D eigenvalue weighted by atomic mass is 32.1. The Bertz CT molecular complexity index is 455. The number of halogens is 1. The average molecular weight is 248 g/mol. The van der Waals surface area contributed by atoms with Gasteiger partial charge < -0.3 is 4.74 Å². The van der Waals surface area contributed by atoms with Crippen LogP contribution in [0.2, 0.25) is 0 Å². The molecule has 2 aromatic rings. The Kier molecular flexibility index (Phi) is 4.18. The summed E-state index contributed by atoms with van der Waals surface area (Å²) in [5.41, 5.74) is 1.68. The maximum Gasteiger partial charge on any atom is 0.126 e. The zero-order valence-corrected chi connectivity index (χ0v) is 10.1. The molecule has 0 N–H and O–H groups in total. The molecule has 0 spiro atoms. The Morgan fingerprint density at radius 1 is 1.00 bits per heavy atom. The van der Waals surface area contributed by atoms with Crippen molar-refractivity contribution in [2.45, 2.75) is 12.0 Å². The Labute approximate surface area is 106 Å². The molecule has 2 rings (SSSR count). The largest absolute Gasteiger partial charge is 0.358 e. The number of hydrogen-bond donors (Lipinski definition) is 1. The Morgan fingerprint density at radius 2 is 1.65 bits per heavy atom. The summed E-state index contributed by atoms with van der Waals surface area (Å²) in [4.78, 5) is 0. The third kappa shape index (κ3) is 3.58. The van der Waals surface area contributed by atoms with Crippen molar-refractivity contribution in [3.8, 4) is 0 Å². The van der Waals surface area contributed by atoms with Crippen molar-refractivity contribution in [1.29, 1.82) is 0 Å². The maximum absolute atomic E-state index is 12.7. The van der Waals surface area contributed by atoms with Crippen LogP contribution in [0, 0.1) is 5.82 Å². The van der Waals surface area contributed by atoms with Gasteiger partial charge in [-0.1, -0.05) is 42.5 Å². The van der Waals surface area contributed by atoms with Gasteiger partial charge in [-0.2, -0.15) is 0 Å². The van der Waals surface area contributed by atoms with Crippen LogP contribution in [0.25, 0.3) is 0 Å². The monoisotopic (exact) mass is 248 g/mol. The molecule has 17 heavy (non-hydrogen) atoms. The van der Waals surface area contributed by atoms with E-state index in [9.17, 15) is 4.39 Å². The molecule has 0 aliphatic carbocycles. The number of ether oxygens (including phenoxy) is 1. The minimum Gasteiger partial charge on any atom is -0.358 e. The first-order valence-electron chi connectivity index (χ1n) is 5.35. The quantitative estimate of drug-likeness (QED) is 0.636. The van der Waals surface area contributed by atoms with Gasteiger partial charge in [0.1, 0.15) is 11.3 Å². The molecule has 0 aromatic heterocycles. The summed E-state index contributed by atoms with van der Waals surface area (Å²) in [7, 11) is 0. The van der Waals surface area contributed by atoms with Gasteiger partial charge in [-0.3, -0.25) is 0 Å². The van der Waals surface area contributed by atoms with Crippen LogP contribution in [0.3, 0.4) is 0 Å². The van der Waals surface area contributed by atoms with Crippen molar-refractivity contribution in [3.63, 3.8) is 0 Å². The van der Waals surface area contributed by atoms with Crippen molar-refractivity contribution in [2.24, 2.45) is 0 Å². The predicted molar refractivity (Wildman–Crippen MR) is 69.4 cm³/mol. The van der Waals surface area contributed by atoms with Crippen LogP contribution in [0.4, 0.5) is 4.39 Å². The molecule has 0 radical (unpaired) electrons. The number of benzene rings is 2. The highest BCUT2D eigenvalue weighted by Crippen LogP contribution is 2.22. The fraction of sp³-hybridized carbons (Fsp3) is 0.143. The lowest BCUT2D eigenvalue weighted by Gasteiger charge is -2.12. The van der Waals surface area contributed by atoms with Gasteiger partial charge in [0, 0.05) is 0 Å². The zero-order chi connectivity index (χ0) is 12.1. The van der Waals surface area contributed by atoms with Crippen LogP contribution in [0.15, 0.2) is 54.6 Å². The molecule has 0 heterocycles. The van der Waals surface area contributed by atoms with Crippen molar-refractivity contribution >= 4 is 12.6 Å². The fourth-order valence-electron chi connectivity index (χ4n) is 1.47. The minimum atomic E-state index is -0.263. The van der Waals surface area contributed by atoms with Gasteiger partial charge in [0.2, 0.25) is 0 Å². The molecule has 0 aliphatic rings. The first kappa shape index (κ1) is 12.1. The molecule has 0 aliphatic heterocycles. The minimum absolute atomic E-state index is 0.237. The lowest BCUT2D eigenvalue weighted by molar-refractivity contribution is 0.101. The summed E-state index contributed by atoms with van der Waals surface area (Å²) < 4.78 is 18.3. The second-order valence-corrected chi connectivity index (χ2v) is 4.17. The number of thiol groups is 1. The van der Waals surface area contributed by atoms with Gasteiger partial charge in [-0.25, -0.2) is 4.39 Å². The molecular formula is C14H13FOS. The standard InChI is InChI=1S/C14H13FOS/c15-13-8-6-11(7-9-13)10-16-14(17)12-4-2-1-3-5-12/h1-9,14,17H,10H2. The highest BCUT2D eigenvalue weighted by Gasteiger charge is 2.05. The van der Waals surface area contributed by atoms with E-state index in [0.717, 1.165) is 11.1 Å². The van der Waals surface area contributed by atoms with E-state index in [4.69, 9.17) is 4.74 Å². The Balaban J connectivity index is 1.92. The summed E-state index contributed by atoms with van der Waals surface area (Å²) in [5.74, 6) is -0.237. The molecule has 0 amide bonds. The lowest BCUT2D eigenvalue weighted by atomic mass is 10.2. The first-order chi connectivity index (χ1) is 8.25. The lowest BCUT2D eigenvalue weighted by Crippen LogP contribution is -1.98. The fourth-order valence-corrected chi connectivity index (χ4v) is 1.72. The van der Waals surface area contributed by atoms with E-state index in [-0.39, 0.29) is 11.3 Å². The molecule has 1 nitrogen and oxygen atoms in total. The van der Waals surface area contributed by atoms with Crippen molar-refractivity contribution in [1.82, 2.24) is 0 Å². The second kappa shape index (κ2) is 5.84. The molecule has 0 fully saturated rings. The summed E-state index contributed by atoms with van der Waals surface area (Å²) in [6.07, 6.45) is 0. The van der Waals surface area contributed by atoms with E-state index in [2.05, 4.69) is 12.6 Å². The molecule has 0 saturated carbocycles. The van der Waals surface area contributed by atoms with Gasteiger partial charge in [0.05, 0.1) is 6.61 Å². The molecule has 0 bridgehead atoms. The van der Waals surface area contributed by atoms with Crippen LogP contribution in [-0.2, 0) is 11.3 Å². The molecule has 3 heteroatoms. The van der Waals surface area contributed by atoms with Crippen molar-refractivity contribution in [2.75, 3.05) is 0 Å². The molecule has 2 aromatic carbocycles. The van der Waals surface area contributed by atoms with E-state index in [1.165, 1.54) is 12.1 Å². The van der Waals surface area contributed by atoms with Crippen LogP contribution in [0.5, 0.6) is 0 Å². The number of hydrogen-bond acceptors (Lipinski definition) is 2. The van der Waals surface area contributed by atoms with E-state index in [0.29, 0.717) is 6.61 Å². The van der Waals surface area contributed by atoms with Crippen LogP contribution in [-0.4, -0.2) is 0 Å². The first-order valence-corrected chi connectivity index (χ1v) is 5.86. The van der Waals surface area contributed by atoms with E-state index < -0.39 is 0 Å². The molecule has 88 valence electrons. The van der Waals surface area contributed by atoms with Crippen LogP contribution >= 0.6 is 12.6 Å². The van der Waals surface area contributed by atoms with Gasteiger partial charge in [0.15, 0.2) is 0 Å². The van der Waals surface area contributed by atoms with E-state index >= 15 is 0 Å². The van der Waals surface area contributed by atoms with E-state index in [1.54, 1.807) is 12.1 Å². The normalized spacial score (nSPS) is 12.4. The molecule has 0 saturated heterocycles. The number of rotatable bonds is 4. The third-order valence-corrected chi connectivity index (χ3v) is 2.85. The van der Waals surface area contributed by atoms with Gasteiger partial charge in [-0.15, -0.1) is 12.6 Å². The predicted octanol–water partition coefficient (Wildman–Crippen LogP) is 3.97. The van der Waals surface area contributed by atoms with Crippen molar-refractivity contribution in [3.05, 3.63) is 71.5 Å². The summed E-state index contributed by atoms with van der Waals surface area (Å²) in [6.45, 7) is 0.420. The Morgan fingerprint density at radius 3 is 2.29 bits per heavy atom. The average Bonchev–Trinajstić information content (AvgIpc) is 2.39. The molecule has 1 atom stereocenters. The Hall–Kier alpha value is -1.32. The summed E-state index contributed by atoms with van der Waals surface area (Å²) in [6, 6.07) is 16.0. The SMILES string of the molecule is Fc1ccc(COC(S)c2ccccc2)cc1. The van der Waals surface area contributed by atoms with E-state index in [1.807, 2.05) is 30.3 Å². The molecule has 1 unspecified atom stereocenters. The topological polar surface area (TPSA) is 9.23 Å². The third-order valence-electron chi connectivity index (χ3n) is 2.41. The second-order valence-electron chi connectivity index (χ2n) is 3.70. The highest BCUT2D eigenvalue weighted by molar-refractivity contribution is 7.80. The molecular weight excluding hydrogens is 235 g/mol. The maximum atomic E-state index is 12.7. The van der Waals surface area contributed by atoms with Crippen molar-refractivity contribution < 1.29 is 9.13 Å². The summed E-state index contributed by atoms with van der Waals surface area (Å²) in [5, 5.41) is 0.